The molecule has 0 atom stereocenters. The Hall–Kier alpha value is -1.68. The van der Waals surface area contributed by atoms with Crippen LogP contribution in [0.25, 0.3) is 0 Å². The second-order valence-electron chi connectivity index (χ2n) is 3.69. The van der Waals surface area contributed by atoms with Gasteiger partial charge in [-0.1, -0.05) is 0 Å². The fourth-order valence-corrected chi connectivity index (χ4v) is 1.58. The van der Waals surface area contributed by atoms with E-state index in [9.17, 15) is 28.1 Å². The minimum atomic E-state index is -4.41. The van der Waals surface area contributed by atoms with Crippen LogP contribution in [0.2, 0.25) is 0 Å². The van der Waals surface area contributed by atoms with Crippen molar-refractivity contribution in [2.45, 2.75) is 6.18 Å². The van der Waals surface area contributed by atoms with Gasteiger partial charge in [0.05, 0.1) is 23.7 Å². The molecule has 0 heterocycles. The van der Waals surface area contributed by atoms with Gasteiger partial charge in [-0.05, 0) is 22.0 Å². The van der Waals surface area contributed by atoms with Crippen LogP contribution >= 0.6 is 15.9 Å². The Morgan fingerprint density at radius 1 is 1.40 bits per heavy atom. The van der Waals surface area contributed by atoms with Crippen molar-refractivity contribution in [3.8, 4) is 0 Å². The van der Waals surface area contributed by atoms with E-state index in [-0.39, 0.29) is 11.4 Å². The van der Waals surface area contributed by atoms with Crippen molar-refractivity contribution in [1.82, 2.24) is 5.32 Å². The second-order valence-corrected chi connectivity index (χ2v) is 4.54. The lowest BCUT2D eigenvalue weighted by Gasteiger charge is -2.09. The minimum absolute atomic E-state index is 0.109. The predicted octanol–water partition coefficient (Wildman–Crippen LogP) is 2.45. The molecule has 0 spiro atoms. The third-order valence-corrected chi connectivity index (χ3v) is 2.74. The van der Waals surface area contributed by atoms with E-state index in [1.165, 1.54) is 12.1 Å². The SMILES string of the molecule is O=C(CNCC(F)(F)F)Nc1cc([N+](=O)[O-])ccc1Br. The van der Waals surface area contributed by atoms with Crippen molar-refractivity contribution >= 4 is 33.2 Å². The van der Waals surface area contributed by atoms with Gasteiger partial charge in [-0.3, -0.25) is 14.9 Å². The van der Waals surface area contributed by atoms with E-state index in [4.69, 9.17) is 0 Å². The maximum Gasteiger partial charge on any atom is 0.401 e. The molecule has 1 rings (SSSR count). The summed E-state index contributed by atoms with van der Waals surface area (Å²) in [6.45, 7) is -1.86. The highest BCUT2D eigenvalue weighted by molar-refractivity contribution is 9.10. The number of nitro groups is 1. The second kappa shape index (κ2) is 6.66. The van der Waals surface area contributed by atoms with E-state index >= 15 is 0 Å². The van der Waals surface area contributed by atoms with E-state index in [0.717, 1.165) is 6.07 Å². The van der Waals surface area contributed by atoms with Crippen LogP contribution < -0.4 is 10.6 Å². The highest BCUT2D eigenvalue weighted by Crippen LogP contribution is 2.26. The minimum Gasteiger partial charge on any atom is -0.324 e. The van der Waals surface area contributed by atoms with Gasteiger partial charge in [0.2, 0.25) is 5.91 Å². The van der Waals surface area contributed by atoms with Crippen molar-refractivity contribution in [1.29, 1.82) is 0 Å². The predicted molar refractivity (Wildman–Crippen MR) is 68.4 cm³/mol. The molecule has 0 fully saturated rings. The van der Waals surface area contributed by atoms with Crippen molar-refractivity contribution in [2.75, 3.05) is 18.4 Å². The Balaban J connectivity index is 2.62. The smallest absolute Gasteiger partial charge is 0.324 e. The molecule has 6 nitrogen and oxygen atoms in total. The summed E-state index contributed by atoms with van der Waals surface area (Å²) in [6, 6.07) is 3.68. The zero-order valence-corrected chi connectivity index (χ0v) is 11.4. The van der Waals surface area contributed by atoms with E-state index in [1.807, 2.05) is 5.32 Å². The molecule has 110 valence electrons. The summed E-state index contributed by atoms with van der Waals surface area (Å²) in [7, 11) is 0. The monoisotopic (exact) mass is 355 g/mol. The average molecular weight is 356 g/mol. The normalized spacial score (nSPS) is 11.2. The summed E-state index contributed by atoms with van der Waals surface area (Å²) in [6.07, 6.45) is -4.41. The molecule has 0 aromatic heterocycles. The summed E-state index contributed by atoms with van der Waals surface area (Å²) < 4.78 is 36.0. The fraction of sp³-hybridized carbons (Fsp3) is 0.300. The molecule has 1 aromatic carbocycles. The molecule has 20 heavy (non-hydrogen) atoms. The van der Waals surface area contributed by atoms with Gasteiger partial charge < -0.3 is 10.6 Å². The average Bonchev–Trinajstić information content (AvgIpc) is 2.30. The van der Waals surface area contributed by atoms with Gasteiger partial charge in [-0.2, -0.15) is 13.2 Å². The number of carbonyl (C=O) groups excluding carboxylic acids is 1. The summed E-state index contributed by atoms with van der Waals surface area (Å²) in [5.41, 5.74) is -0.134. The van der Waals surface area contributed by atoms with Crippen LogP contribution in [-0.4, -0.2) is 30.1 Å². The van der Waals surface area contributed by atoms with Gasteiger partial charge in [0.25, 0.3) is 5.69 Å². The zero-order chi connectivity index (χ0) is 15.3. The number of alkyl halides is 3. The molecule has 0 aliphatic rings. The van der Waals surface area contributed by atoms with E-state index < -0.39 is 30.1 Å². The van der Waals surface area contributed by atoms with E-state index in [1.54, 1.807) is 0 Å². The van der Waals surface area contributed by atoms with Crippen LogP contribution in [0.4, 0.5) is 24.5 Å². The quantitative estimate of drug-likeness (QED) is 0.627. The van der Waals surface area contributed by atoms with Gasteiger partial charge in [0, 0.05) is 16.6 Å². The summed E-state index contributed by atoms with van der Waals surface area (Å²) >= 11 is 3.07. The van der Waals surface area contributed by atoms with Crippen molar-refractivity contribution < 1.29 is 22.9 Å². The zero-order valence-electron chi connectivity index (χ0n) is 9.83. The molecule has 0 bridgehead atoms. The molecular formula is C10H9BrF3N3O3. The van der Waals surface area contributed by atoms with Crippen LogP contribution in [-0.2, 0) is 4.79 Å². The van der Waals surface area contributed by atoms with Gasteiger partial charge in [0.1, 0.15) is 0 Å². The first-order chi connectivity index (χ1) is 9.19. The third kappa shape index (κ3) is 5.53. The van der Waals surface area contributed by atoms with Crippen LogP contribution in [0.5, 0.6) is 0 Å². The number of nitrogens with zero attached hydrogens (tertiary/aromatic N) is 1. The Morgan fingerprint density at radius 2 is 2.05 bits per heavy atom. The highest BCUT2D eigenvalue weighted by Gasteiger charge is 2.26. The first-order valence-corrected chi connectivity index (χ1v) is 5.99. The Morgan fingerprint density at radius 3 is 2.60 bits per heavy atom. The van der Waals surface area contributed by atoms with Gasteiger partial charge in [-0.25, -0.2) is 0 Å². The maximum atomic E-state index is 11.9. The Bertz CT molecular complexity index is 522. The number of rotatable bonds is 5. The van der Waals surface area contributed by atoms with Crippen LogP contribution in [0.1, 0.15) is 0 Å². The molecule has 10 heteroatoms. The first-order valence-electron chi connectivity index (χ1n) is 5.20. The molecule has 0 unspecified atom stereocenters. The number of anilines is 1. The Labute approximate surface area is 119 Å². The number of amides is 1. The molecule has 0 aliphatic heterocycles. The summed E-state index contributed by atoms with van der Waals surface area (Å²) in [5, 5.41) is 14.8. The number of halogens is 4. The topological polar surface area (TPSA) is 84.3 Å². The standard InChI is InChI=1S/C10H9BrF3N3O3/c11-7-2-1-6(17(19)20)3-8(7)16-9(18)4-15-5-10(12,13)14/h1-3,15H,4-5H2,(H,16,18). The van der Waals surface area contributed by atoms with Crippen molar-refractivity contribution in [3.63, 3.8) is 0 Å². The first kappa shape index (κ1) is 16.4. The van der Waals surface area contributed by atoms with Crippen molar-refractivity contribution in [2.24, 2.45) is 0 Å². The van der Waals surface area contributed by atoms with E-state index in [2.05, 4.69) is 21.2 Å². The van der Waals surface area contributed by atoms with Crippen LogP contribution in [0.3, 0.4) is 0 Å². The third-order valence-electron chi connectivity index (χ3n) is 2.05. The Kier molecular flexibility index (Phi) is 5.45. The molecule has 0 saturated carbocycles. The van der Waals surface area contributed by atoms with E-state index in [0.29, 0.717) is 4.47 Å². The van der Waals surface area contributed by atoms with Crippen LogP contribution in [0.15, 0.2) is 22.7 Å². The lowest BCUT2D eigenvalue weighted by molar-refractivity contribution is -0.384. The number of benzene rings is 1. The number of carbonyl (C=O) groups is 1. The number of nitrogens with one attached hydrogen (secondary N) is 2. The molecule has 0 saturated heterocycles. The summed E-state index contributed by atoms with van der Waals surface area (Å²) in [4.78, 5) is 21.3. The molecule has 1 amide bonds. The number of hydrogen-bond donors (Lipinski definition) is 2. The lowest BCUT2D eigenvalue weighted by Crippen LogP contribution is -2.35. The van der Waals surface area contributed by atoms with Crippen LogP contribution in [0, 0.1) is 10.1 Å². The van der Waals surface area contributed by atoms with Gasteiger partial charge >= 0.3 is 6.18 Å². The largest absolute Gasteiger partial charge is 0.401 e. The van der Waals surface area contributed by atoms with Gasteiger partial charge in [0.15, 0.2) is 0 Å². The van der Waals surface area contributed by atoms with Gasteiger partial charge in [-0.15, -0.1) is 0 Å². The maximum absolute atomic E-state index is 11.9. The molecule has 0 radical (unpaired) electrons. The fourth-order valence-electron chi connectivity index (χ4n) is 1.23. The number of non-ortho nitro benzene ring substituents is 1. The molecule has 1 aromatic rings. The highest BCUT2D eigenvalue weighted by atomic mass is 79.9. The molecular weight excluding hydrogens is 347 g/mol. The lowest BCUT2D eigenvalue weighted by atomic mass is 10.3. The number of nitro benzene ring substituents is 1. The molecule has 0 aliphatic carbocycles. The molecule has 2 N–H and O–H groups in total. The summed E-state index contributed by atoms with van der Waals surface area (Å²) in [5.74, 6) is -0.740. The van der Waals surface area contributed by atoms with Crippen molar-refractivity contribution in [3.05, 3.63) is 32.8 Å². The number of hydrogen-bond acceptors (Lipinski definition) is 4.